The van der Waals surface area contributed by atoms with Crippen molar-refractivity contribution in [3.05, 3.63) is 35.2 Å². The van der Waals surface area contributed by atoms with E-state index in [1.54, 1.807) is 24.0 Å². The van der Waals surface area contributed by atoms with Crippen LogP contribution in [-0.4, -0.2) is 71.3 Å². The van der Waals surface area contributed by atoms with Gasteiger partial charge in [0.1, 0.15) is 6.54 Å². The summed E-state index contributed by atoms with van der Waals surface area (Å²) in [6.07, 6.45) is -0.270. The summed E-state index contributed by atoms with van der Waals surface area (Å²) in [5, 5.41) is 7.89. The number of hydrogen-bond acceptors (Lipinski definition) is 6. The van der Waals surface area contributed by atoms with E-state index in [4.69, 9.17) is 20.9 Å². The maximum absolute atomic E-state index is 11.9. The summed E-state index contributed by atoms with van der Waals surface area (Å²) in [7, 11) is 0. The maximum Gasteiger partial charge on any atom is 0.409 e. The van der Waals surface area contributed by atoms with Crippen molar-refractivity contribution < 1.29 is 14.1 Å². The van der Waals surface area contributed by atoms with Crippen LogP contribution in [0, 0.1) is 0 Å². The number of benzene rings is 1. The first-order chi connectivity index (χ1) is 14.1. The summed E-state index contributed by atoms with van der Waals surface area (Å²) < 4.78 is 10.4. The van der Waals surface area contributed by atoms with Crippen molar-refractivity contribution in [2.24, 2.45) is 4.99 Å². The molecule has 0 radical (unpaired) electrons. The highest BCUT2D eigenvalue weighted by atomic mass is 127. The van der Waals surface area contributed by atoms with Gasteiger partial charge in [0.15, 0.2) is 5.96 Å². The Morgan fingerprint density at radius 1 is 1.27 bits per heavy atom. The van der Waals surface area contributed by atoms with Crippen molar-refractivity contribution in [3.8, 4) is 11.4 Å². The van der Waals surface area contributed by atoms with E-state index in [0.717, 1.165) is 18.1 Å². The Bertz CT molecular complexity index is 854. The molecule has 0 unspecified atom stereocenters. The van der Waals surface area contributed by atoms with Crippen LogP contribution in [0.2, 0.25) is 5.02 Å². The van der Waals surface area contributed by atoms with E-state index in [1.165, 1.54) is 0 Å². The molecule has 1 N–H and O–H groups in total. The molecule has 9 nitrogen and oxygen atoms in total. The van der Waals surface area contributed by atoms with Gasteiger partial charge in [-0.25, -0.2) is 9.79 Å². The Labute approximate surface area is 197 Å². The van der Waals surface area contributed by atoms with Crippen LogP contribution >= 0.6 is 35.6 Å². The number of halogens is 2. The van der Waals surface area contributed by atoms with Crippen LogP contribution in [-0.2, 0) is 11.3 Å². The van der Waals surface area contributed by atoms with E-state index in [9.17, 15) is 4.79 Å². The number of ether oxygens (including phenoxy) is 1. The van der Waals surface area contributed by atoms with Gasteiger partial charge in [0.25, 0.3) is 0 Å². The smallest absolute Gasteiger partial charge is 0.409 e. The lowest BCUT2D eigenvalue weighted by atomic mass is 10.2. The summed E-state index contributed by atoms with van der Waals surface area (Å²) in [6, 6.07) is 7.29. The van der Waals surface area contributed by atoms with Crippen molar-refractivity contribution in [1.82, 2.24) is 25.3 Å². The van der Waals surface area contributed by atoms with Gasteiger partial charge >= 0.3 is 6.09 Å². The molecule has 1 aliphatic rings. The van der Waals surface area contributed by atoms with Gasteiger partial charge < -0.3 is 24.4 Å². The molecule has 0 spiro atoms. The number of carbonyl (C=O) groups excluding carboxylic acids is 1. The second kappa shape index (κ2) is 11.9. The van der Waals surface area contributed by atoms with E-state index in [0.29, 0.717) is 49.5 Å². The lowest BCUT2D eigenvalue weighted by Crippen LogP contribution is -2.53. The highest BCUT2D eigenvalue weighted by Gasteiger charge is 2.23. The molecule has 164 valence electrons. The highest BCUT2D eigenvalue weighted by Crippen LogP contribution is 2.20. The Balaban J connectivity index is 0.00000320. The van der Waals surface area contributed by atoms with Gasteiger partial charge in [-0.1, -0.05) is 28.9 Å². The van der Waals surface area contributed by atoms with Crippen LogP contribution < -0.4 is 5.32 Å². The minimum Gasteiger partial charge on any atom is -0.450 e. The van der Waals surface area contributed by atoms with Crippen molar-refractivity contribution >= 4 is 47.6 Å². The number of amides is 1. The predicted octanol–water partition coefficient (Wildman–Crippen LogP) is 3.25. The maximum atomic E-state index is 11.9. The summed E-state index contributed by atoms with van der Waals surface area (Å²) >= 11 is 6.02. The van der Waals surface area contributed by atoms with Crippen LogP contribution in [0.15, 0.2) is 33.8 Å². The van der Waals surface area contributed by atoms with Gasteiger partial charge in [-0.2, -0.15) is 4.98 Å². The number of hydrogen-bond donors (Lipinski definition) is 1. The topological polar surface area (TPSA) is 96.1 Å². The van der Waals surface area contributed by atoms with Crippen molar-refractivity contribution in [3.63, 3.8) is 0 Å². The lowest BCUT2D eigenvalue weighted by molar-refractivity contribution is 0.0914. The van der Waals surface area contributed by atoms with Crippen molar-refractivity contribution in [1.29, 1.82) is 0 Å². The molecule has 0 bridgehead atoms. The monoisotopic (exact) mass is 548 g/mol. The largest absolute Gasteiger partial charge is 0.450 e. The summed E-state index contributed by atoms with van der Waals surface area (Å²) in [5.74, 6) is 1.64. The van der Waals surface area contributed by atoms with E-state index >= 15 is 0 Å². The zero-order valence-electron chi connectivity index (χ0n) is 17.0. The molecule has 2 aromatic rings. The van der Waals surface area contributed by atoms with Crippen LogP contribution in [0.5, 0.6) is 0 Å². The van der Waals surface area contributed by atoms with Gasteiger partial charge in [-0.3, -0.25) is 0 Å². The molecule has 1 amide bonds. The first-order valence-electron chi connectivity index (χ1n) is 9.64. The van der Waals surface area contributed by atoms with Gasteiger partial charge in [-0.15, -0.1) is 24.0 Å². The number of nitrogens with one attached hydrogen (secondary N) is 1. The summed E-state index contributed by atoms with van der Waals surface area (Å²) in [4.78, 5) is 24.7. The minimum absolute atomic E-state index is 0. The van der Waals surface area contributed by atoms with E-state index < -0.39 is 0 Å². The Hall–Kier alpha value is -2.08. The lowest BCUT2D eigenvalue weighted by Gasteiger charge is -2.35. The van der Waals surface area contributed by atoms with Crippen LogP contribution in [0.4, 0.5) is 4.79 Å². The van der Waals surface area contributed by atoms with Gasteiger partial charge in [0.2, 0.25) is 11.7 Å². The zero-order valence-corrected chi connectivity index (χ0v) is 20.1. The average molecular weight is 549 g/mol. The molecule has 1 aromatic carbocycles. The van der Waals surface area contributed by atoms with E-state index in [1.807, 2.05) is 19.1 Å². The number of aromatic nitrogens is 2. The molecule has 0 atom stereocenters. The predicted molar refractivity (Wildman–Crippen MR) is 125 cm³/mol. The molecule has 2 heterocycles. The molecule has 1 aromatic heterocycles. The number of piperazine rings is 1. The Kier molecular flexibility index (Phi) is 9.63. The standard InChI is InChI=1S/C19H25ClN6O3.HI/c1-3-21-18(25-8-10-26(11-9-25)19(27)28-4-2)22-13-16-23-17(24-29-16)14-6-5-7-15(20)12-14;/h5-7,12H,3-4,8-11,13H2,1-2H3,(H,21,22);1H. The van der Waals surface area contributed by atoms with Gasteiger partial charge in [0, 0.05) is 43.3 Å². The van der Waals surface area contributed by atoms with Gasteiger partial charge in [0.05, 0.1) is 6.61 Å². The average Bonchev–Trinajstić information content (AvgIpc) is 3.20. The second-order valence-corrected chi connectivity index (χ2v) is 6.80. The molecule has 30 heavy (non-hydrogen) atoms. The van der Waals surface area contributed by atoms with Crippen LogP contribution in [0.1, 0.15) is 19.7 Å². The first-order valence-corrected chi connectivity index (χ1v) is 10.0. The highest BCUT2D eigenvalue weighted by molar-refractivity contribution is 14.0. The molecule has 3 rings (SSSR count). The van der Waals surface area contributed by atoms with Gasteiger partial charge in [-0.05, 0) is 26.0 Å². The molecule has 1 aliphatic heterocycles. The first kappa shape index (κ1) is 24.2. The number of carbonyl (C=O) groups is 1. The van der Waals surface area contributed by atoms with Crippen LogP contribution in [0.25, 0.3) is 11.4 Å². The third kappa shape index (κ3) is 6.46. The molecule has 0 aliphatic carbocycles. The fraction of sp³-hybridized carbons (Fsp3) is 0.474. The van der Waals surface area contributed by atoms with Crippen LogP contribution in [0.3, 0.4) is 0 Å². The Morgan fingerprint density at radius 2 is 2.00 bits per heavy atom. The number of aliphatic imine (C=N–C) groups is 1. The summed E-state index contributed by atoms with van der Waals surface area (Å²) in [6.45, 7) is 7.69. The fourth-order valence-electron chi connectivity index (χ4n) is 2.95. The quantitative estimate of drug-likeness (QED) is 0.348. The molecule has 1 fully saturated rings. The van der Waals surface area contributed by atoms with E-state index in [2.05, 4.69) is 25.3 Å². The molecule has 1 saturated heterocycles. The summed E-state index contributed by atoms with van der Waals surface area (Å²) in [5.41, 5.74) is 0.790. The number of rotatable bonds is 5. The minimum atomic E-state index is -0.270. The normalized spacial score (nSPS) is 14.3. The third-order valence-electron chi connectivity index (χ3n) is 4.36. The van der Waals surface area contributed by atoms with Crippen molar-refractivity contribution in [2.75, 3.05) is 39.3 Å². The molecular weight excluding hydrogens is 523 g/mol. The van der Waals surface area contributed by atoms with Crippen molar-refractivity contribution in [2.45, 2.75) is 20.4 Å². The molecule has 0 saturated carbocycles. The second-order valence-electron chi connectivity index (χ2n) is 6.37. The Morgan fingerprint density at radius 3 is 2.67 bits per heavy atom. The molecule has 11 heteroatoms. The van der Waals surface area contributed by atoms with E-state index in [-0.39, 0.29) is 36.6 Å². The third-order valence-corrected chi connectivity index (χ3v) is 4.59. The number of nitrogens with zero attached hydrogens (tertiary/aromatic N) is 5. The fourth-order valence-corrected chi connectivity index (χ4v) is 3.14. The number of guanidine groups is 1. The molecular formula is C19H26ClIN6O3. The SMILES string of the molecule is CCNC(=NCc1nc(-c2cccc(Cl)c2)no1)N1CCN(C(=O)OCC)CC1.I. The zero-order chi connectivity index (χ0) is 20.6.